The third-order valence-electron chi connectivity index (χ3n) is 3.44. The molecule has 7 heteroatoms. The lowest BCUT2D eigenvalue weighted by Gasteiger charge is -2.25. The van der Waals surface area contributed by atoms with Gasteiger partial charge in [0.2, 0.25) is 10.0 Å². The Kier molecular flexibility index (Phi) is 7.06. The van der Waals surface area contributed by atoms with Crippen LogP contribution in [0, 0.1) is 5.82 Å². The van der Waals surface area contributed by atoms with Crippen LogP contribution >= 0.6 is 11.6 Å². The van der Waals surface area contributed by atoms with Gasteiger partial charge in [-0.05, 0) is 31.3 Å². The Morgan fingerprint density at radius 3 is 2.19 bits per heavy atom. The fourth-order valence-electron chi connectivity index (χ4n) is 2.03. The molecule has 0 aliphatic rings. The Morgan fingerprint density at radius 1 is 1.10 bits per heavy atom. The summed E-state index contributed by atoms with van der Waals surface area (Å²) in [5.74, 6) is -0.623. The fraction of sp³-hybridized carbons (Fsp3) is 0.571. The topological polar surface area (TPSA) is 40.6 Å². The van der Waals surface area contributed by atoms with Crippen LogP contribution in [0.15, 0.2) is 23.1 Å². The molecule has 0 N–H and O–H groups in total. The van der Waals surface area contributed by atoms with Crippen LogP contribution in [0.2, 0.25) is 5.02 Å². The highest BCUT2D eigenvalue weighted by Gasteiger charge is 2.24. The van der Waals surface area contributed by atoms with E-state index < -0.39 is 15.8 Å². The van der Waals surface area contributed by atoms with E-state index in [9.17, 15) is 12.8 Å². The Balaban J connectivity index is 2.94. The van der Waals surface area contributed by atoms with Gasteiger partial charge in [-0.3, -0.25) is 0 Å². The van der Waals surface area contributed by atoms with Crippen molar-refractivity contribution in [1.82, 2.24) is 9.21 Å². The second-order valence-electron chi connectivity index (χ2n) is 4.60. The van der Waals surface area contributed by atoms with Crippen molar-refractivity contribution in [2.24, 2.45) is 0 Å². The molecule has 0 aliphatic carbocycles. The molecular weight excluding hydrogens is 315 g/mol. The smallest absolute Gasteiger partial charge is 0.243 e. The van der Waals surface area contributed by atoms with Gasteiger partial charge in [-0.25, -0.2) is 12.8 Å². The molecule has 0 unspecified atom stereocenters. The minimum absolute atomic E-state index is 0.0234. The second-order valence-corrected chi connectivity index (χ2v) is 6.94. The third-order valence-corrected chi connectivity index (χ3v) is 5.70. The molecule has 0 radical (unpaired) electrons. The van der Waals surface area contributed by atoms with E-state index in [1.54, 1.807) is 6.92 Å². The molecule has 120 valence electrons. The SMILES string of the molecule is CCN(CC)CCN(CC)S(=O)(=O)c1ccc(F)c(Cl)c1. The maximum atomic E-state index is 13.2. The first-order valence-electron chi connectivity index (χ1n) is 7.04. The van der Waals surface area contributed by atoms with Crippen molar-refractivity contribution in [3.8, 4) is 0 Å². The van der Waals surface area contributed by atoms with Gasteiger partial charge in [-0.1, -0.05) is 32.4 Å². The zero-order chi connectivity index (χ0) is 16.0. The number of benzene rings is 1. The molecule has 0 bridgehead atoms. The van der Waals surface area contributed by atoms with Crippen molar-refractivity contribution >= 4 is 21.6 Å². The molecule has 0 aliphatic heterocycles. The van der Waals surface area contributed by atoms with Crippen molar-refractivity contribution < 1.29 is 12.8 Å². The first-order chi connectivity index (χ1) is 9.86. The quantitative estimate of drug-likeness (QED) is 0.733. The molecule has 0 saturated heterocycles. The normalized spacial score (nSPS) is 12.3. The van der Waals surface area contributed by atoms with E-state index in [2.05, 4.69) is 4.90 Å². The highest BCUT2D eigenvalue weighted by Crippen LogP contribution is 2.22. The van der Waals surface area contributed by atoms with Crippen molar-refractivity contribution in [1.29, 1.82) is 0 Å². The highest BCUT2D eigenvalue weighted by molar-refractivity contribution is 7.89. The highest BCUT2D eigenvalue weighted by atomic mass is 35.5. The molecule has 0 aromatic heterocycles. The summed E-state index contributed by atoms with van der Waals surface area (Å²) in [4.78, 5) is 2.17. The fourth-order valence-corrected chi connectivity index (χ4v) is 3.74. The van der Waals surface area contributed by atoms with Crippen molar-refractivity contribution in [2.75, 3.05) is 32.7 Å². The number of nitrogens with zero attached hydrogens (tertiary/aromatic N) is 2. The monoisotopic (exact) mass is 336 g/mol. The molecule has 0 fully saturated rings. The second kappa shape index (κ2) is 8.08. The number of hydrogen-bond donors (Lipinski definition) is 0. The Hall–Kier alpha value is -0.690. The van der Waals surface area contributed by atoms with Crippen LogP contribution in [0.5, 0.6) is 0 Å². The zero-order valence-corrected chi connectivity index (χ0v) is 14.2. The summed E-state index contributed by atoms with van der Waals surface area (Å²) in [5, 5.41) is -0.184. The minimum atomic E-state index is -3.65. The average molecular weight is 337 g/mol. The van der Waals surface area contributed by atoms with Gasteiger partial charge >= 0.3 is 0 Å². The average Bonchev–Trinajstić information content (AvgIpc) is 2.46. The molecule has 0 amide bonds. The van der Waals surface area contributed by atoms with E-state index in [1.807, 2.05) is 13.8 Å². The molecule has 4 nitrogen and oxygen atoms in total. The summed E-state index contributed by atoms with van der Waals surface area (Å²) in [7, 11) is -3.65. The number of sulfonamides is 1. The summed E-state index contributed by atoms with van der Waals surface area (Å²) in [6.45, 7) is 9.02. The predicted molar refractivity (Wildman–Crippen MR) is 83.6 cm³/mol. The largest absolute Gasteiger partial charge is 0.303 e. The van der Waals surface area contributed by atoms with E-state index in [-0.39, 0.29) is 9.92 Å². The van der Waals surface area contributed by atoms with Gasteiger partial charge in [-0.15, -0.1) is 0 Å². The van der Waals surface area contributed by atoms with Crippen molar-refractivity contribution in [2.45, 2.75) is 25.7 Å². The zero-order valence-electron chi connectivity index (χ0n) is 12.6. The molecule has 0 saturated carbocycles. The molecule has 1 aromatic carbocycles. The molecule has 0 atom stereocenters. The van der Waals surface area contributed by atoms with Gasteiger partial charge in [0.05, 0.1) is 9.92 Å². The summed E-state index contributed by atoms with van der Waals surface area (Å²) in [6, 6.07) is 3.48. The van der Waals surface area contributed by atoms with Gasteiger partial charge < -0.3 is 4.90 Å². The van der Waals surface area contributed by atoms with Gasteiger partial charge in [0.1, 0.15) is 5.82 Å². The van der Waals surface area contributed by atoms with E-state index >= 15 is 0 Å². The van der Waals surface area contributed by atoms with Crippen molar-refractivity contribution in [3.05, 3.63) is 29.0 Å². The van der Waals surface area contributed by atoms with Gasteiger partial charge in [-0.2, -0.15) is 4.31 Å². The maximum absolute atomic E-state index is 13.2. The Bertz CT molecular complexity index is 562. The molecule has 0 spiro atoms. The molecule has 1 aromatic rings. The third kappa shape index (κ3) is 4.64. The standard InChI is InChI=1S/C14H22ClFN2O2S/c1-4-17(5-2)9-10-18(6-3)21(19,20)12-7-8-14(16)13(15)11-12/h7-8,11H,4-6,9-10H2,1-3H3. The van der Waals surface area contributed by atoms with E-state index in [0.717, 1.165) is 25.2 Å². The van der Waals surface area contributed by atoms with E-state index in [1.165, 1.54) is 10.4 Å². The first-order valence-corrected chi connectivity index (χ1v) is 8.86. The van der Waals surface area contributed by atoms with Gasteiger partial charge in [0.15, 0.2) is 0 Å². The van der Waals surface area contributed by atoms with Crippen LogP contribution in [0.1, 0.15) is 20.8 Å². The van der Waals surface area contributed by atoms with E-state index in [4.69, 9.17) is 11.6 Å². The van der Waals surface area contributed by atoms with Crippen LogP contribution in [-0.4, -0.2) is 50.3 Å². The number of halogens is 2. The summed E-state index contributed by atoms with van der Waals surface area (Å²) in [6.07, 6.45) is 0. The number of likely N-dealkylation sites (N-methyl/N-ethyl adjacent to an activating group) is 2. The van der Waals surface area contributed by atoms with Gasteiger partial charge in [0, 0.05) is 19.6 Å². The molecular formula is C14H22ClFN2O2S. The number of rotatable bonds is 8. The Labute approximate surface area is 131 Å². The van der Waals surface area contributed by atoms with Crippen LogP contribution in [-0.2, 0) is 10.0 Å². The Morgan fingerprint density at radius 2 is 1.71 bits per heavy atom. The molecule has 0 heterocycles. The summed E-state index contributed by atoms with van der Waals surface area (Å²) >= 11 is 5.67. The summed E-state index contributed by atoms with van der Waals surface area (Å²) in [5.41, 5.74) is 0. The van der Waals surface area contributed by atoms with Crippen LogP contribution < -0.4 is 0 Å². The summed E-state index contributed by atoms with van der Waals surface area (Å²) < 4.78 is 39.6. The lowest BCUT2D eigenvalue weighted by atomic mass is 10.3. The maximum Gasteiger partial charge on any atom is 0.243 e. The molecule has 1 rings (SSSR count). The van der Waals surface area contributed by atoms with Crippen LogP contribution in [0.4, 0.5) is 4.39 Å². The van der Waals surface area contributed by atoms with Gasteiger partial charge in [0.25, 0.3) is 0 Å². The lowest BCUT2D eigenvalue weighted by Crippen LogP contribution is -2.38. The van der Waals surface area contributed by atoms with Crippen LogP contribution in [0.25, 0.3) is 0 Å². The molecule has 21 heavy (non-hydrogen) atoms. The first kappa shape index (κ1) is 18.4. The lowest BCUT2D eigenvalue weighted by molar-refractivity contribution is 0.274. The number of hydrogen-bond acceptors (Lipinski definition) is 3. The van der Waals surface area contributed by atoms with E-state index in [0.29, 0.717) is 19.6 Å². The van der Waals surface area contributed by atoms with Crippen LogP contribution in [0.3, 0.4) is 0 Å². The minimum Gasteiger partial charge on any atom is -0.303 e. The predicted octanol–water partition coefficient (Wildman–Crippen LogP) is 2.83. The van der Waals surface area contributed by atoms with Crippen molar-refractivity contribution in [3.63, 3.8) is 0 Å².